The molecule has 2 aromatic carbocycles. The van der Waals surface area contributed by atoms with Crippen molar-refractivity contribution < 1.29 is 0 Å². The number of hydrogen-bond acceptors (Lipinski definition) is 2. The highest BCUT2D eigenvalue weighted by molar-refractivity contribution is 5.48. The molecule has 2 aromatic rings. The second kappa shape index (κ2) is 6.77. The van der Waals surface area contributed by atoms with E-state index in [1.165, 1.54) is 30.5 Å². The number of hydrogen-bond donors (Lipinski definition) is 1. The fourth-order valence-corrected chi connectivity index (χ4v) is 3.33. The maximum atomic E-state index is 6.43. The molecule has 2 nitrogen and oxygen atoms in total. The van der Waals surface area contributed by atoms with E-state index in [9.17, 15) is 0 Å². The number of anilines is 1. The molecule has 0 radical (unpaired) electrons. The second-order valence-electron chi connectivity index (χ2n) is 5.96. The minimum absolute atomic E-state index is 0.280. The fraction of sp³-hybridized carbons (Fsp3) is 0.368. The van der Waals surface area contributed by atoms with Crippen LogP contribution in [0.15, 0.2) is 60.7 Å². The maximum Gasteiger partial charge on any atom is 0.0444 e. The molecule has 0 unspecified atom stereocenters. The van der Waals surface area contributed by atoms with Gasteiger partial charge in [0.1, 0.15) is 0 Å². The van der Waals surface area contributed by atoms with Gasteiger partial charge in [0.15, 0.2) is 0 Å². The van der Waals surface area contributed by atoms with E-state index in [2.05, 4.69) is 65.6 Å². The topological polar surface area (TPSA) is 29.3 Å². The summed E-state index contributed by atoms with van der Waals surface area (Å²) in [5, 5.41) is 0. The van der Waals surface area contributed by atoms with Crippen molar-refractivity contribution in [3.05, 3.63) is 66.2 Å². The summed E-state index contributed by atoms with van der Waals surface area (Å²) in [5.41, 5.74) is 9.06. The number of nitrogens with zero attached hydrogens (tertiary/aromatic N) is 1. The van der Waals surface area contributed by atoms with Crippen LogP contribution in [-0.4, -0.2) is 12.1 Å². The van der Waals surface area contributed by atoms with Crippen LogP contribution in [0.4, 0.5) is 5.69 Å². The van der Waals surface area contributed by atoms with Crippen molar-refractivity contribution >= 4 is 5.69 Å². The van der Waals surface area contributed by atoms with E-state index < -0.39 is 0 Å². The Morgan fingerprint density at radius 2 is 1.48 bits per heavy atom. The third kappa shape index (κ3) is 3.45. The van der Waals surface area contributed by atoms with Crippen LogP contribution in [0.3, 0.4) is 0 Å². The van der Waals surface area contributed by atoms with Gasteiger partial charge in [-0.3, -0.25) is 0 Å². The summed E-state index contributed by atoms with van der Waals surface area (Å²) in [6, 6.07) is 22.1. The summed E-state index contributed by atoms with van der Waals surface area (Å²) in [4.78, 5) is 2.50. The highest BCUT2D eigenvalue weighted by Gasteiger charge is 2.27. The summed E-state index contributed by atoms with van der Waals surface area (Å²) in [7, 11) is 0. The van der Waals surface area contributed by atoms with Gasteiger partial charge in [-0.05, 0) is 30.5 Å². The smallest absolute Gasteiger partial charge is 0.0444 e. The number of benzene rings is 2. The first-order chi connectivity index (χ1) is 10.3. The van der Waals surface area contributed by atoms with Crippen molar-refractivity contribution in [3.63, 3.8) is 0 Å². The van der Waals surface area contributed by atoms with Gasteiger partial charge in [0.25, 0.3) is 0 Å². The Bertz CT molecular complexity index is 538. The van der Waals surface area contributed by atoms with Gasteiger partial charge in [-0.25, -0.2) is 0 Å². The molecule has 0 aliphatic heterocycles. The predicted octanol–water partition coefficient (Wildman–Crippen LogP) is 3.96. The molecule has 21 heavy (non-hydrogen) atoms. The van der Waals surface area contributed by atoms with Crippen LogP contribution in [-0.2, 0) is 6.54 Å². The lowest BCUT2D eigenvalue weighted by Gasteiger charge is -2.40. The molecule has 2 atom stereocenters. The second-order valence-corrected chi connectivity index (χ2v) is 5.96. The van der Waals surface area contributed by atoms with E-state index in [1.807, 2.05) is 0 Å². The third-order valence-electron chi connectivity index (χ3n) is 4.47. The molecular weight excluding hydrogens is 256 g/mol. The lowest BCUT2D eigenvalue weighted by atomic mass is 9.89. The number of rotatable bonds is 4. The SMILES string of the molecule is N[C@@H]1CCCC[C@H]1N(Cc1ccccc1)c1ccccc1. The Balaban J connectivity index is 1.87. The van der Waals surface area contributed by atoms with Gasteiger partial charge in [-0.2, -0.15) is 0 Å². The van der Waals surface area contributed by atoms with Crippen molar-refractivity contribution in [2.45, 2.75) is 44.3 Å². The Hall–Kier alpha value is -1.80. The minimum Gasteiger partial charge on any atom is -0.363 e. The molecular formula is C19H24N2. The quantitative estimate of drug-likeness (QED) is 0.918. The van der Waals surface area contributed by atoms with Crippen molar-refractivity contribution in [2.75, 3.05) is 4.90 Å². The molecule has 0 amide bonds. The lowest BCUT2D eigenvalue weighted by Crippen LogP contribution is -2.49. The maximum absolute atomic E-state index is 6.43. The number of nitrogens with two attached hydrogens (primary N) is 1. The Labute approximate surface area is 127 Å². The molecule has 0 saturated heterocycles. The standard InChI is InChI=1S/C19H24N2/c20-18-13-7-8-14-19(18)21(17-11-5-2-6-12-17)15-16-9-3-1-4-10-16/h1-6,9-12,18-19H,7-8,13-15,20H2/t18-,19-/m1/s1. The zero-order chi connectivity index (χ0) is 14.5. The molecule has 0 spiro atoms. The summed E-state index contributed by atoms with van der Waals surface area (Å²) < 4.78 is 0. The van der Waals surface area contributed by atoms with Crippen molar-refractivity contribution in [2.24, 2.45) is 5.73 Å². The van der Waals surface area contributed by atoms with Crippen LogP contribution >= 0.6 is 0 Å². The Kier molecular flexibility index (Phi) is 4.56. The molecule has 0 bridgehead atoms. The molecule has 1 fully saturated rings. The summed E-state index contributed by atoms with van der Waals surface area (Å²) >= 11 is 0. The van der Waals surface area contributed by atoms with Crippen LogP contribution in [0, 0.1) is 0 Å². The van der Waals surface area contributed by atoms with Gasteiger partial charge < -0.3 is 10.6 Å². The van der Waals surface area contributed by atoms with E-state index >= 15 is 0 Å². The zero-order valence-corrected chi connectivity index (χ0v) is 12.5. The van der Waals surface area contributed by atoms with Crippen molar-refractivity contribution in [1.29, 1.82) is 0 Å². The molecule has 0 heterocycles. The summed E-state index contributed by atoms with van der Waals surface area (Å²) in [6.07, 6.45) is 4.90. The van der Waals surface area contributed by atoms with Gasteiger partial charge in [0, 0.05) is 24.3 Å². The highest BCUT2D eigenvalue weighted by atomic mass is 15.2. The minimum atomic E-state index is 0.280. The molecule has 0 aromatic heterocycles. The van der Waals surface area contributed by atoms with Crippen LogP contribution in [0.5, 0.6) is 0 Å². The van der Waals surface area contributed by atoms with Crippen LogP contribution in [0.25, 0.3) is 0 Å². The van der Waals surface area contributed by atoms with Gasteiger partial charge in [-0.1, -0.05) is 61.4 Å². The van der Waals surface area contributed by atoms with E-state index in [-0.39, 0.29) is 6.04 Å². The molecule has 2 N–H and O–H groups in total. The first-order valence-electron chi connectivity index (χ1n) is 7.96. The van der Waals surface area contributed by atoms with Gasteiger partial charge in [0.2, 0.25) is 0 Å². The van der Waals surface area contributed by atoms with E-state index in [1.54, 1.807) is 0 Å². The summed E-state index contributed by atoms with van der Waals surface area (Å²) in [5.74, 6) is 0. The molecule has 1 aliphatic carbocycles. The average Bonchev–Trinajstić information content (AvgIpc) is 2.55. The van der Waals surface area contributed by atoms with E-state index in [4.69, 9.17) is 5.73 Å². The van der Waals surface area contributed by atoms with Crippen LogP contribution in [0.2, 0.25) is 0 Å². The normalized spacial score (nSPS) is 22.0. The fourth-order valence-electron chi connectivity index (χ4n) is 3.33. The van der Waals surface area contributed by atoms with Crippen molar-refractivity contribution in [3.8, 4) is 0 Å². The Morgan fingerprint density at radius 3 is 2.14 bits per heavy atom. The first kappa shape index (κ1) is 14.2. The first-order valence-corrected chi connectivity index (χ1v) is 7.96. The lowest BCUT2D eigenvalue weighted by molar-refractivity contribution is 0.362. The predicted molar refractivity (Wildman–Crippen MR) is 89.3 cm³/mol. The Morgan fingerprint density at radius 1 is 0.857 bits per heavy atom. The third-order valence-corrected chi connectivity index (χ3v) is 4.47. The molecule has 1 aliphatic rings. The van der Waals surface area contributed by atoms with E-state index in [0.717, 1.165) is 13.0 Å². The van der Waals surface area contributed by atoms with Gasteiger partial charge in [0.05, 0.1) is 0 Å². The summed E-state index contributed by atoms with van der Waals surface area (Å²) in [6.45, 7) is 0.934. The van der Waals surface area contributed by atoms with Crippen LogP contribution in [0.1, 0.15) is 31.2 Å². The van der Waals surface area contributed by atoms with Crippen molar-refractivity contribution in [1.82, 2.24) is 0 Å². The van der Waals surface area contributed by atoms with Gasteiger partial charge >= 0.3 is 0 Å². The highest BCUT2D eigenvalue weighted by Crippen LogP contribution is 2.28. The molecule has 110 valence electrons. The molecule has 3 rings (SSSR count). The molecule has 1 saturated carbocycles. The molecule has 2 heteroatoms. The largest absolute Gasteiger partial charge is 0.363 e. The monoisotopic (exact) mass is 280 g/mol. The van der Waals surface area contributed by atoms with E-state index in [0.29, 0.717) is 6.04 Å². The number of para-hydroxylation sites is 1. The average molecular weight is 280 g/mol. The van der Waals surface area contributed by atoms with Gasteiger partial charge in [-0.15, -0.1) is 0 Å². The van der Waals surface area contributed by atoms with Crippen LogP contribution < -0.4 is 10.6 Å². The zero-order valence-electron chi connectivity index (χ0n) is 12.5.